The third kappa shape index (κ3) is 8.68. The molecule has 0 saturated carbocycles. The molecule has 9 nitrogen and oxygen atoms in total. The number of aliphatic hydroxyl groups excluding tert-OH is 1. The van der Waals surface area contributed by atoms with Crippen LogP contribution in [0.3, 0.4) is 0 Å². The lowest BCUT2D eigenvalue weighted by molar-refractivity contribution is -0.340. The Hall–Kier alpha value is -8.48. The molecule has 8 aromatic rings. The third-order valence-corrected chi connectivity index (χ3v) is 15.0. The zero-order chi connectivity index (χ0) is 52.1. The van der Waals surface area contributed by atoms with Crippen LogP contribution in [0.15, 0.2) is 157 Å². The molecule has 1 amide bonds. The summed E-state index contributed by atoms with van der Waals surface area (Å²) < 4.78 is 45.3. The van der Waals surface area contributed by atoms with Crippen LogP contribution in [0.25, 0.3) is 38.7 Å². The zero-order valence-corrected chi connectivity index (χ0v) is 42.1. The number of aryl methyl sites for hydroxylation is 5. The summed E-state index contributed by atoms with van der Waals surface area (Å²) in [5, 5.41) is 8.23. The number of rotatable bonds is 9. The van der Waals surface area contributed by atoms with E-state index in [-0.39, 0.29) is 12.3 Å². The second-order valence-corrected chi connectivity index (χ2v) is 19.4. The number of amides is 1. The highest BCUT2D eigenvalue weighted by Crippen LogP contribution is 2.48. The Morgan fingerprint density at radius 2 is 1.39 bits per heavy atom. The fourth-order valence-electron chi connectivity index (χ4n) is 11.6. The lowest BCUT2D eigenvalue weighted by atomic mass is 9.89. The summed E-state index contributed by atoms with van der Waals surface area (Å²) >= 11 is 0. The number of aliphatic hydroxyl groups is 1. The number of H-pyrrole nitrogens is 1. The Labute approximate surface area is 434 Å². The first-order valence-corrected chi connectivity index (χ1v) is 25.3. The van der Waals surface area contributed by atoms with E-state index in [9.17, 15) is 14.4 Å². The lowest BCUT2D eigenvalue weighted by Gasteiger charge is -2.24. The number of hydrogen-bond donors (Lipinski definition) is 2. The number of anilines is 1. The van der Waals surface area contributed by atoms with Crippen molar-refractivity contribution in [2.24, 2.45) is 0 Å². The molecule has 0 unspecified atom stereocenters. The number of aromatic amines is 1. The van der Waals surface area contributed by atoms with Gasteiger partial charge < -0.3 is 24.5 Å². The summed E-state index contributed by atoms with van der Waals surface area (Å²) in [4.78, 5) is 45.6. The van der Waals surface area contributed by atoms with Crippen molar-refractivity contribution < 1.29 is 42.1 Å². The molecule has 7 aromatic carbocycles. The van der Waals surface area contributed by atoms with Crippen LogP contribution in [-0.4, -0.2) is 60.0 Å². The number of fused-ring (bicyclic) bond motifs is 8. The number of aldehydes is 1. The number of nitrogens with zero attached hydrogens (tertiary/aromatic N) is 2. The molecule has 2 N–H and O–H groups in total. The number of para-hydroxylation sites is 1. The molecule has 372 valence electrons. The molecule has 12 heteroatoms. The van der Waals surface area contributed by atoms with Crippen molar-refractivity contribution in [1.82, 2.24) is 4.98 Å². The summed E-state index contributed by atoms with van der Waals surface area (Å²) in [6, 6.07) is 44.0. The van der Waals surface area contributed by atoms with E-state index in [1.807, 2.05) is 92.7 Å². The Balaban J connectivity index is 0.00000298. The maximum Gasteiger partial charge on any atom is 0.935 e. The van der Waals surface area contributed by atoms with Crippen LogP contribution in [0.4, 0.5) is 14.3 Å². The number of esters is 1. The molecule has 1 aromatic heterocycles. The number of halogens is 2. The Kier molecular flexibility index (Phi) is 13.1. The van der Waals surface area contributed by atoms with E-state index in [0.29, 0.717) is 73.8 Å². The number of carbonyl (C=O) groups excluding carboxylic acids is 3. The first kappa shape index (κ1) is 48.8. The molecule has 0 saturated heterocycles. The average molecular weight is 997 g/mol. The summed E-state index contributed by atoms with van der Waals surface area (Å²) in [6.45, 7) is 3.87. The van der Waals surface area contributed by atoms with Gasteiger partial charge in [0.2, 0.25) is 0 Å². The summed E-state index contributed by atoms with van der Waals surface area (Å²) in [7, 11) is -0.144. The molecule has 0 spiro atoms. The van der Waals surface area contributed by atoms with E-state index in [1.54, 1.807) is 49.5 Å². The van der Waals surface area contributed by atoms with Crippen LogP contribution < -0.4 is 14.4 Å². The summed E-state index contributed by atoms with van der Waals surface area (Å²) in [5.41, 5.74) is 15.8. The highest BCUT2D eigenvalue weighted by molar-refractivity contribution is 6.36. The third-order valence-electron chi connectivity index (χ3n) is 15.0. The van der Waals surface area contributed by atoms with E-state index < -0.39 is 13.4 Å². The van der Waals surface area contributed by atoms with Crippen molar-refractivity contribution in [3.63, 3.8) is 0 Å². The van der Waals surface area contributed by atoms with Gasteiger partial charge in [0, 0.05) is 75.8 Å². The quantitative estimate of drug-likeness (QED) is 0.0645. The van der Waals surface area contributed by atoms with Gasteiger partial charge in [0.25, 0.3) is 5.91 Å². The van der Waals surface area contributed by atoms with Gasteiger partial charge in [-0.25, -0.2) is 13.1 Å². The lowest BCUT2D eigenvalue weighted by Crippen LogP contribution is -2.27. The molecule has 2 aliphatic heterocycles. The highest BCUT2D eigenvalue weighted by Gasteiger charge is 2.48. The minimum Gasteiger partial charge on any atom is -0.456 e. The molecule has 4 aliphatic rings. The Morgan fingerprint density at radius 3 is 2.11 bits per heavy atom. The maximum atomic E-state index is 15.9. The van der Waals surface area contributed by atoms with E-state index >= 15 is 8.63 Å². The van der Waals surface area contributed by atoms with Crippen LogP contribution in [0.2, 0.25) is 0 Å². The minimum absolute atomic E-state index is 0.0430. The number of nitrogens with one attached hydrogen (secondary N) is 1. The van der Waals surface area contributed by atoms with Crippen LogP contribution in [-0.2, 0) is 30.5 Å². The van der Waals surface area contributed by atoms with Crippen molar-refractivity contribution in [3.8, 4) is 39.6 Å². The number of carbonyl (C=O) groups is 3. The smallest absolute Gasteiger partial charge is 0.456 e. The van der Waals surface area contributed by atoms with Crippen molar-refractivity contribution in [3.05, 3.63) is 218 Å². The number of aromatic nitrogens is 1. The van der Waals surface area contributed by atoms with Crippen LogP contribution >= 0.6 is 0 Å². The predicted molar refractivity (Wildman–Crippen MR) is 291 cm³/mol. The van der Waals surface area contributed by atoms with Gasteiger partial charge in [-0.15, -0.1) is 0 Å². The van der Waals surface area contributed by atoms with Gasteiger partial charge in [0.05, 0.1) is 17.7 Å². The largest absolute Gasteiger partial charge is 0.935 e. The van der Waals surface area contributed by atoms with Crippen molar-refractivity contribution >= 4 is 53.3 Å². The predicted octanol–water partition coefficient (Wildman–Crippen LogP) is 13.0. The highest BCUT2D eigenvalue weighted by atomic mass is 19.2. The van der Waals surface area contributed by atoms with Gasteiger partial charge in [-0.2, -0.15) is 0 Å². The topological polar surface area (TPSA) is 112 Å². The van der Waals surface area contributed by atoms with E-state index in [0.717, 1.165) is 113 Å². The molecule has 75 heavy (non-hydrogen) atoms. The average Bonchev–Trinajstić information content (AvgIpc) is 3.91. The summed E-state index contributed by atoms with van der Waals surface area (Å²) in [6.07, 6.45) is 7.80. The van der Waals surface area contributed by atoms with E-state index in [4.69, 9.17) is 14.6 Å². The minimum atomic E-state index is -2.82. The molecule has 3 heterocycles. The van der Waals surface area contributed by atoms with Crippen LogP contribution in [0, 0.1) is 13.8 Å². The molecule has 0 fully saturated rings. The standard InChI is InChI=1S/C62H48BF2N3O5.CH4O/c1-36-30-45(72-55(70)32-38-22-25-44(26-23-38)67(3)62(71)50-28-29-54-58-49(27-24-43(35-69)57(50)58)48-20-8-9-21-53(48)73-54)31-37(2)56(36)59(51-33-41-16-10-14-39-12-4-6-18-46(39)60(41)66-51)52-34-42-17-11-15-40-13-5-7-19-47(40)61(42)68(52)63(64)65;1-2/h4-9,12-13,18-31,33-35H,10-11,14-17,32H2,1-3H3;2H,1H3/p+1. The van der Waals surface area contributed by atoms with Crippen molar-refractivity contribution in [2.45, 2.75) is 58.8 Å². The number of allylic oxidation sites excluding steroid dienone is 2. The fraction of sp³-hybridized carbons (Fsp3) is 0.175. The van der Waals surface area contributed by atoms with E-state index in [2.05, 4.69) is 29.2 Å². The SMILES string of the molecule is CO.Cc1cc(OC(=O)Cc2ccc(N(C)C(=O)c3ccc4c5c(ccc(C=O)c35)-c3ccccc3O4)cc2)cc(C)c1/C(=C1\C=C2CCCc3ccccc3C2=[N+]1B(F)F)c1cc2c([nH]1)-c1ccccc1CCC2. The Bertz CT molecular complexity index is 3740. The zero-order valence-electron chi connectivity index (χ0n) is 42.1. The normalized spacial score (nSPS) is 14.5. The van der Waals surface area contributed by atoms with Gasteiger partial charge in [-0.1, -0.05) is 84.9 Å². The molecule has 0 radical (unpaired) electrons. The first-order chi connectivity index (χ1) is 36.5. The second-order valence-electron chi connectivity index (χ2n) is 19.4. The van der Waals surface area contributed by atoms with Crippen molar-refractivity contribution in [1.29, 1.82) is 0 Å². The van der Waals surface area contributed by atoms with Gasteiger partial charge in [-0.05, 0) is 151 Å². The monoisotopic (exact) mass is 996 g/mol. The molecular weight excluding hydrogens is 944 g/mol. The van der Waals surface area contributed by atoms with Gasteiger partial charge >= 0.3 is 13.4 Å². The number of benzene rings is 7. The maximum absolute atomic E-state index is 15.9. The molecular formula is C63H53BF2N3O6+. The number of hydrogen-bond acceptors (Lipinski definition) is 6. The van der Waals surface area contributed by atoms with E-state index in [1.165, 1.54) is 14.9 Å². The van der Waals surface area contributed by atoms with Crippen molar-refractivity contribution in [2.75, 3.05) is 19.1 Å². The molecule has 0 bridgehead atoms. The van der Waals surface area contributed by atoms with Gasteiger partial charge in [-0.3, -0.25) is 14.4 Å². The fourth-order valence-corrected chi connectivity index (χ4v) is 11.6. The van der Waals surface area contributed by atoms with Gasteiger partial charge in [0.1, 0.15) is 17.2 Å². The van der Waals surface area contributed by atoms with Gasteiger partial charge in [0.15, 0.2) is 17.7 Å². The molecule has 2 aliphatic carbocycles. The first-order valence-electron chi connectivity index (χ1n) is 25.3. The number of ether oxygens (including phenoxy) is 2. The molecule has 12 rings (SSSR count). The van der Waals surface area contributed by atoms with Crippen LogP contribution in [0.5, 0.6) is 17.2 Å². The van der Waals surface area contributed by atoms with Crippen LogP contribution in [0.1, 0.15) is 90.2 Å². The molecule has 0 atom stereocenters. The summed E-state index contributed by atoms with van der Waals surface area (Å²) in [5.74, 6) is 0.828. The second kappa shape index (κ2) is 20.1. The Morgan fingerprint density at radius 1 is 0.733 bits per heavy atom.